The minimum atomic E-state index is -0.241. The number of nitrogens with one attached hydrogen (secondary N) is 4. The van der Waals surface area contributed by atoms with Gasteiger partial charge in [0.05, 0.1) is 22.7 Å². The number of hydrogen-bond donors (Lipinski definition) is 4. The molecule has 0 radical (unpaired) electrons. The van der Waals surface area contributed by atoms with Crippen molar-refractivity contribution in [2.75, 3.05) is 21.3 Å². The zero-order valence-electron chi connectivity index (χ0n) is 15.6. The largest absolute Gasteiger partial charge is 0.324 e. The zero-order valence-corrected chi connectivity index (χ0v) is 15.6. The average molecular weight is 362 g/mol. The van der Waals surface area contributed by atoms with E-state index in [1.807, 2.05) is 0 Å². The lowest BCUT2D eigenvalue weighted by Gasteiger charge is -2.18. The van der Waals surface area contributed by atoms with Crippen molar-refractivity contribution < 1.29 is 19.2 Å². The summed E-state index contributed by atoms with van der Waals surface area (Å²) in [5, 5.41) is 10.8. The number of carbonyl (C=O) groups is 4. The first-order valence-corrected chi connectivity index (χ1v) is 8.71. The fraction of sp³-hybridized carbons (Fsp3) is 0.444. The molecule has 0 fully saturated rings. The van der Waals surface area contributed by atoms with Crippen molar-refractivity contribution in [2.24, 2.45) is 0 Å². The molecule has 26 heavy (non-hydrogen) atoms. The Hall–Kier alpha value is -2.90. The third-order valence-corrected chi connectivity index (χ3v) is 3.54. The van der Waals surface area contributed by atoms with E-state index in [0.29, 0.717) is 22.7 Å². The Morgan fingerprint density at radius 2 is 0.731 bits per heavy atom. The highest BCUT2D eigenvalue weighted by molar-refractivity contribution is 6.06. The second-order valence-electron chi connectivity index (χ2n) is 5.55. The number of hydrogen-bond acceptors (Lipinski definition) is 4. The Kier molecular flexibility index (Phi) is 8.27. The molecule has 0 aromatic heterocycles. The van der Waals surface area contributed by atoms with E-state index in [4.69, 9.17) is 0 Å². The molecule has 142 valence electrons. The molecule has 0 aliphatic heterocycles. The number of benzene rings is 1. The van der Waals surface area contributed by atoms with Crippen molar-refractivity contribution in [3.05, 3.63) is 12.1 Å². The first-order chi connectivity index (χ1) is 12.3. The average Bonchev–Trinajstić information content (AvgIpc) is 2.63. The van der Waals surface area contributed by atoms with Gasteiger partial charge in [-0.25, -0.2) is 0 Å². The van der Waals surface area contributed by atoms with Gasteiger partial charge in [-0.1, -0.05) is 27.7 Å². The maximum Gasteiger partial charge on any atom is 0.224 e. The minimum absolute atomic E-state index is 0.241. The van der Waals surface area contributed by atoms with E-state index in [1.165, 1.54) is 12.1 Å². The van der Waals surface area contributed by atoms with Crippen LogP contribution in [0.15, 0.2) is 12.1 Å². The van der Waals surface area contributed by atoms with Gasteiger partial charge in [-0.05, 0) is 12.1 Å². The maximum absolute atomic E-state index is 11.8. The van der Waals surface area contributed by atoms with Crippen LogP contribution in [-0.4, -0.2) is 23.6 Å². The van der Waals surface area contributed by atoms with Crippen molar-refractivity contribution in [1.82, 2.24) is 0 Å². The van der Waals surface area contributed by atoms with Crippen LogP contribution in [0.1, 0.15) is 53.4 Å². The highest BCUT2D eigenvalue weighted by Gasteiger charge is 2.16. The van der Waals surface area contributed by atoms with Gasteiger partial charge in [0.1, 0.15) is 0 Å². The third kappa shape index (κ3) is 6.19. The monoisotopic (exact) mass is 362 g/mol. The molecular formula is C18H26N4O4. The molecule has 0 unspecified atom stereocenters. The normalized spacial score (nSPS) is 10.0. The van der Waals surface area contributed by atoms with Crippen LogP contribution in [0.5, 0.6) is 0 Å². The van der Waals surface area contributed by atoms with Crippen molar-refractivity contribution in [1.29, 1.82) is 0 Å². The van der Waals surface area contributed by atoms with Crippen molar-refractivity contribution in [3.8, 4) is 0 Å². The Bertz CT molecular complexity index is 586. The fourth-order valence-electron chi connectivity index (χ4n) is 1.97. The van der Waals surface area contributed by atoms with E-state index in [1.54, 1.807) is 27.7 Å². The van der Waals surface area contributed by atoms with Gasteiger partial charge in [0, 0.05) is 25.7 Å². The van der Waals surface area contributed by atoms with Gasteiger partial charge in [0.15, 0.2) is 0 Å². The molecule has 1 aromatic rings. The lowest BCUT2D eigenvalue weighted by atomic mass is 10.1. The van der Waals surface area contributed by atoms with Crippen molar-refractivity contribution in [2.45, 2.75) is 53.4 Å². The Morgan fingerprint density at radius 3 is 0.885 bits per heavy atom. The molecule has 8 nitrogen and oxygen atoms in total. The molecule has 1 aromatic carbocycles. The minimum Gasteiger partial charge on any atom is -0.324 e. The fourth-order valence-corrected chi connectivity index (χ4v) is 1.97. The van der Waals surface area contributed by atoms with E-state index in [9.17, 15) is 19.2 Å². The molecule has 0 heterocycles. The van der Waals surface area contributed by atoms with Crippen LogP contribution in [-0.2, 0) is 19.2 Å². The topological polar surface area (TPSA) is 116 Å². The Morgan fingerprint density at radius 1 is 0.538 bits per heavy atom. The van der Waals surface area contributed by atoms with Crippen LogP contribution in [0.3, 0.4) is 0 Å². The Balaban J connectivity index is 3.41. The smallest absolute Gasteiger partial charge is 0.224 e. The van der Waals surface area contributed by atoms with E-state index in [-0.39, 0.29) is 49.3 Å². The second kappa shape index (κ2) is 10.2. The van der Waals surface area contributed by atoms with E-state index in [2.05, 4.69) is 21.3 Å². The summed E-state index contributed by atoms with van der Waals surface area (Å²) in [5.74, 6) is -0.963. The third-order valence-electron chi connectivity index (χ3n) is 3.54. The van der Waals surface area contributed by atoms with Crippen molar-refractivity contribution in [3.63, 3.8) is 0 Å². The molecule has 0 saturated heterocycles. The standard InChI is InChI=1S/C18H26N4O4/c1-5-15(23)19-11-9-13(21-17(25)7-3)14(22-18(26)8-4)10-12(11)20-16(24)6-2/h9-10H,5-8H2,1-4H3,(H,19,23)(H,20,24)(H,21,25)(H,22,26). The summed E-state index contributed by atoms with van der Waals surface area (Å²) >= 11 is 0. The van der Waals surface area contributed by atoms with Gasteiger partial charge in [-0.2, -0.15) is 0 Å². The zero-order chi connectivity index (χ0) is 19.7. The molecule has 0 aliphatic carbocycles. The van der Waals surface area contributed by atoms with Crippen LogP contribution in [0.2, 0.25) is 0 Å². The predicted molar refractivity (Wildman–Crippen MR) is 102 cm³/mol. The van der Waals surface area contributed by atoms with E-state index in [0.717, 1.165) is 0 Å². The molecule has 0 spiro atoms. The first kappa shape index (κ1) is 21.1. The molecule has 1 rings (SSSR count). The van der Waals surface area contributed by atoms with Crippen LogP contribution < -0.4 is 21.3 Å². The van der Waals surface area contributed by atoms with Gasteiger partial charge in [-0.15, -0.1) is 0 Å². The molecule has 4 N–H and O–H groups in total. The first-order valence-electron chi connectivity index (χ1n) is 8.71. The molecule has 4 amide bonds. The number of anilines is 4. The summed E-state index contributed by atoms with van der Waals surface area (Å²) in [7, 11) is 0. The highest BCUT2D eigenvalue weighted by atomic mass is 16.2. The van der Waals surface area contributed by atoms with Gasteiger partial charge in [-0.3, -0.25) is 19.2 Å². The summed E-state index contributed by atoms with van der Waals surface area (Å²) in [6.07, 6.45) is 1.02. The predicted octanol–water partition coefficient (Wildman–Crippen LogP) is 3.08. The van der Waals surface area contributed by atoms with Gasteiger partial charge in [0.25, 0.3) is 0 Å². The summed E-state index contributed by atoms with van der Waals surface area (Å²) in [4.78, 5) is 47.2. The quantitative estimate of drug-likeness (QED) is 0.568. The number of amides is 4. The van der Waals surface area contributed by atoms with Gasteiger partial charge in [0.2, 0.25) is 23.6 Å². The van der Waals surface area contributed by atoms with Gasteiger partial charge >= 0.3 is 0 Å². The summed E-state index contributed by atoms with van der Waals surface area (Å²) in [6, 6.07) is 3.05. The van der Waals surface area contributed by atoms with Crippen LogP contribution in [0.4, 0.5) is 22.7 Å². The lowest BCUT2D eigenvalue weighted by molar-refractivity contribution is -0.116. The van der Waals surface area contributed by atoms with E-state index >= 15 is 0 Å². The second-order valence-corrected chi connectivity index (χ2v) is 5.55. The maximum atomic E-state index is 11.8. The number of carbonyl (C=O) groups excluding carboxylic acids is 4. The van der Waals surface area contributed by atoms with Crippen LogP contribution in [0, 0.1) is 0 Å². The SMILES string of the molecule is CCC(=O)Nc1cc(NC(=O)CC)c(NC(=O)CC)cc1NC(=O)CC. The molecule has 0 aliphatic rings. The van der Waals surface area contributed by atoms with Crippen molar-refractivity contribution >= 4 is 46.4 Å². The van der Waals surface area contributed by atoms with Crippen LogP contribution >= 0.6 is 0 Å². The molecule has 0 atom stereocenters. The molecular weight excluding hydrogens is 336 g/mol. The summed E-state index contributed by atoms with van der Waals surface area (Å²) < 4.78 is 0. The van der Waals surface area contributed by atoms with Crippen LogP contribution in [0.25, 0.3) is 0 Å². The number of rotatable bonds is 8. The molecule has 0 saturated carbocycles. The van der Waals surface area contributed by atoms with Gasteiger partial charge < -0.3 is 21.3 Å². The highest BCUT2D eigenvalue weighted by Crippen LogP contribution is 2.34. The Labute approximate surface area is 153 Å². The summed E-state index contributed by atoms with van der Waals surface area (Å²) in [5.41, 5.74) is 1.39. The lowest BCUT2D eigenvalue weighted by Crippen LogP contribution is -2.19. The summed E-state index contributed by atoms with van der Waals surface area (Å²) in [6.45, 7) is 6.81. The molecule has 8 heteroatoms. The van der Waals surface area contributed by atoms with E-state index < -0.39 is 0 Å². The molecule has 0 bridgehead atoms.